The fourth-order valence-electron chi connectivity index (χ4n) is 4.80. The molecule has 13 heteroatoms. The predicted octanol–water partition coefficient (Wildman–Crippen LogP) is 3.73. The Hall–Kier alpha value is -1.19. The maximum absolute atomic E-state index is 11.9. The summed E-state index contributed by atoms with van der Waals surface area (Å²) in [4.78, 5) is 62.9. The molecule has 0 amide bonds. The van der Waals surface area contributed by atoms with E-state index in [4.69, 9.17) is 11.8 Å². The molecule has 0 aromatic rings. The number of carboxylic acids is 2. The van der Waals surface area contributed by atoms with Gasteiger partial charge in [-0.2, -0.15) is 11.8 Å². The van der Waals surface area contributed by atoms with Gasteiger partial charge in [0.1, 0.15) is 11.6 Å². The number of carboxylic acid groups (broad SMARTS) is 2. The molecule has 0 aromatic heterocycles. The Labute approximate surface area is 286 Å². The van der Waals surface area contributed by atoms with Crippen molar-refractivity contribution in [3.8, 4) is 0 Å². The Kier molecular flexibility index (Phi) is 39.9. The van der Waals surface area contributed by atoms with Gasteiger partial charge in [-0.1, -0.05) is 90.9 Å². The predicted molar refractivity (Wildman–Crippen MR) is 168 cm³/mol. The molecule has 2 atom stereocenters. The minimum absolute atomic E-state index is 0. The molecular formula is C32H60MgN2O10. The van der Waals surface area contributed by atoms with E-state index in [1.54, 1.807) is 0 Å². The van der Waals surface area contributed by atoms with E-state index in [0.717, 1.165) is 38.5 Å². The molecule has 0 aliphatic rings. The molecule has 0 aliphatic carbocycles. The van der Waals surface area contributed by atoms with Crippen molar-refractivity contribution in [2.75, 3.05) is 13.2 Å². The van der Waals surface area contributed by atoms with E-state index in [0.29, 0.717) is 38.5 Å². The number of hydrogen-bond acceptors (Lipinski definition) is 12. The summed E-state index contributed by atoms with van der Waals surface area (Å²) in [5, 5.41) is 22.1. The average Bonchev–Trinajstić information content (AvgIpc) is 2.99. The monoisotopic (exact) mass is 656 g/mol. The first-order valence-corrected chi connectivity index (χ1v) is 16.7. The molecule has 260 valence electrons. The normalized spacial score (nSPS) is 12.0. The van der Waals surface area contributed by atoms with Crippen molar-refractivity contribution in [1.82, 2.24) is 0 Å². The first kappa shape index (κ1) is 48.2. The van der Waals surface area contributed by atoms with Crippen molar-refractivity contribution in [3.63, 3.8) is 0 Å². The van der Waals surface area contributed by atoms with Gasteiger partial charge in [-0.15, -0.1) is 9.98 Å². The zero-order valence-electron chi connectivity index (χ0n) is 28.1. The molecule has 0 aliphatic heterocycles. The van der Waals surface area contributed by atoms with Crippen LogP contribution in [0.25, 0.3) is 0 Å². The van der Waals surface area contributed by atoms with Crippen LogP contribution in [0.3, 0.4) is 0 Å². The number of rotatable bonds is 32. The first-order valence-electron chi connectivity index (χ1n) is 16.7. The minimum Gasteiger partial charge on any atom is -0.549 e. The van der Waals surface area contributed by atoms with Crippen molar-refractivity contribution in [2.24, 2.45) is 23.6 Å². The van der Waals surface area contributed by atoms with Gasteiger partial charge in [0, 0.05) is 12.8 Å². The Morgan fingerprint density at radius 3 is 1.11 bits per heavy atom. The van der Waals surface area contributed by atoms with Crippen LogP contribution in [0, 0.1) is 11.8 Å². The van der Waals surface area contributed by atoms with Crippen LogP contribution in [0.4, 0.5) is 0 Å². The summed E-state index contributed by atoms with van der Waals surface area (Å²) in [6.45, 7) is 4.91. The van der Waals surface area contributed by atoms with Crippen LogP contribution in [-0.2, 0) is 38.9 Å². The molecule has 0 spiro atoms. The third-order valence-electron chi connectivity index (χ3n) is 7.48. The number of carbonyl (C=O) groups is 4. The van der Waals surface area contributed by atoms with E-state index in [-0.39, 0.29) is 60.7 Å². The molecule has 0 rings (SSSR count). The second-order valence-electron chi connectivity index (χ2n) is 11.2. The van der Waals surface area contributed by atoms with Crippen LogP contribution in [0.15, 0.2) is 0 Å². The van der Waals surface area contributed by atoms with E-state index in [2.05, 4.69) is 33.6 Å². The van der Waals surface area contributed by atoms with Crippen molar-refractivity contribution in [1.29, 1.82) is 0 Å². The van der Waals surface area contributed by atoms with Crippen molar-refractivity contribution < 1.29 is 49.1 Å². The Morgan fingerprint density at radius 1 is 0.511 bits per heavy atom. The summed E-state index contributed by atoms with van der Waals surface area (Å²) in [6, 6.07) is 0. The number of ketones is 2. The number of unbranched alkanes of at least 4 members (excludes halogenated alkanes) is 14. The molecule has 0 fully saturated rings. The van der Waals surface area contributed by atoms with Gasteiger partial charge in [-0.05, 0) is 51.4 Å². The van der Waals surface area contributed by atoms with Gasteiger partial charge in [-0.3, -0.25) is 9.59 Å². The summed E-state index contributed by atoms with van der Waals surface area (Å²) in [6.07, 6.45) is 19.0. The molecule has 0 heterocycles. The summed E-state index contributed by atoms with van der Waals surface area (Å²) in [5.41, 5.74) is 0. The fourth-order valence-corrected chi connectivity index (χ4v) is 4.80. The quantitative estimate of drug-likeness (QED) is 0.0349. The summed E-state index contributed by atoms with van der Waals surface area (Å²) in [7, 11) is 0. The number of aliphatic carboxylic acids is 2. The molecule has 0 bridgehead atoms. The summed E-state index contributed by atoms with van der Waals surface area (Å²) in [5.74, 6) is 4.40. The molecule has 0 aromatic carbocycles. The van der Waals surface area contributed by atoms with E-state index in [1.807, 2.05) is 0 Å². The van der Waals surface area contributed by atoms with Crippen LogP contribution < -0.4 is 22.0 Å². The fraction of sp³-hybridized carbons (Fsp3) is 0.875. The smallest absolute Gasteiger partial charge is 0.549 e. The van der Waals surface area contributed by atoms with Crippen LogP contribution >= 0.6 is 0 Å². The van der Waals surface area contributed by atoms with Gasteiger partial charge in [-0.25, -0.2) is 9.78 Å². The average molecular weight is 657 g/mol. The Bertz CT molecular complexity index is 657. The summed E-state index contributed by atoms with van der Waals surface area (Å²) < 4.78 is 0. The maximum atomic E-state index is 11.9. The van der Waals surface area contributed by atoms with Gasteiger partial charge in [0.25, 0.3) is 0 Å². The number of carbonyl (C=O) groups excluding carboxylic acids is 4. The Morgan fingerprint density at radius 2 is 0.822 bits per heavy atom. The van der Waals surface area contributed by atoms with Crippen LogP contribution in [0.1, 0.15) is 155 Å². The van der Waals surface area contributed by atoms with E-state index < -0.39 is 23.8 Å². The van der Waals surface area contributed by atoms with Gasteiger partial charge < -0.3 is 19.8 Å². The topological polar surface area (TPSA) is 203 Å². The molecular weight excluding hydrogens is 597 g/mol. The minimum atomic E-state index is -1.27. The van der Waals surface area contributed by atoms with Crippen molar-refractivity contribution in [2.45, 2.75) is 155 Å². The molecule has 2 unspecified atom stereocenters. The SMILES string of the molecule is CCCCCCCCCC(=O)C(CCCCOON)C(=O)[O-].CCCCCCCCCC(=O)C(CCCCOON)C(=O)[O-].[Mg+2]. The molecule has 4 N–H and O–H groups in total. The van der Waals surface area contributed by atoms with E-state index >= 15 is 0 Å². The second kappa shape index (κ2) is 37.3. The molecule has 12 nitrogen and oxygen atoms in total. The number of hydrogen-bond donors (Lipinski definition) is 2. The van der Waals surface area contributed by atoms with Crippen LogP contribution in [0.5, 0.6) is 0 Å². The standard InChI is InChI=1S/2C16H31NO5.Mg/c2*1-2-3-4-5-6-7-8-12-15(18)14(16(19)20)11-9-10-13-21-22-17;/h2*14H,2-13,17H2,1H3,(H,19,20);/q;;+2/p-2. The molecule has 45 heavy (non-hydrogen) atoms. The third kappa shape index (κ3) is 32.5. The van der Waals surface area contributed by atoms with Gasteiger partial charge in [0.15, 0.2) is 0 Å². The first-order chi connectivity index (χ1) is 21.3. The molecule has 0 saturated carbocycles. The van der Waals surface area contributed by atoms with Crippen LogP contribution in [0.2, 0.25) is 0 Å². The van der Waals surface area contributed by atoms with Gasteiger partial charge in [0.2, 0.25) is 0 Å². The molecule has 0 saturated heterocycles. The zero-order valence-corrected chi connectivity index (χ0v) is 29.5. The Balaban J connectivity index is -0.000000767. The second-order valence-corrected chi connectivity index (χ2v) is 11.2. The van der Waals surface area contributed by atoms with Crippen LogP contribution in [-0.4, -0.2) is 59.8 Å². The third-order valence-corrected chi connectivity index (χ3v) is 7.48. The van der Waals surface area contributed by atoms with E-state index in [9.17, 15) is 29.4 Å². The van der Waals surface area contributed by atoms with Crippen molar-refractivity contribution in [3.05, 3.63) is 0 Å². The number of nitrogens with two attached hydrogens (primary N) is 2. The van der Waals surface area contributed by atoms with Crippen molar-refractivity contribution >= 4 is 46.6 Å². The summed E-state index contributed by atoms with van der Waals surface area (Å²) >= 11 is 0. The van der Waals surface area contributed by atoms with Gasteiger partial charge >= 0.3 is 23.1 Å². The largest absolute Gasteiger partial charge is 2.00 e. The number of Topliss-reactive ketones (excluding diaryl/α,β-unsaturated/α-hetero) is 2. The maximum Gasteiger partial charge on any atom is 2.00 e. The van der Waals surface area contributed by atoms with Gasteiger partial charge in [0.05, 0.1) is 37.0 Å². The zero-order chi connectivity index (χ0) is 33.3. The molecule has 0 radical (unpaired) electrons. The van der Waals surface area contributed by atoms with E-state index in [1.165, 1.54) is 51.4 Å².